The van der Waals surface area contributed by atoms with E-state index in [-0.39, 0.29) is 12.4 Å². The van der Waals surface area contributed by atoms with Crippen LogP contribution in [0.15, 0.2) is 18.6 Å². The molecule has 1 aromatic rings. The normalized spacial score (nSPS) is 16.8. The lowest BCUT2D eigenvalue weighted by atomic mass is 9.99. The Morgan fingerprint density at radius 2 is 2.12 bits per heavy atom. The molecule has 0 atom stereocenters. The van der Waals surface area contributed by atoms with Gasteiger partial charge in [-0.2, -0.15) is 0 Å². The van der Waals surface area contributed by atoms with Gasteiger partial charge in [-0.3, -0.25) is 9.97 Å². The molecular weight excluding hydrogens is 226 g/mol. The predicted octanol–water partition coefficient (Wildman–Crippen LogP) is 1.41. The zero-order chi connectivity index (χ0) is 10.3. The minimum Gasteiger partial charge on any atom is -0.375 e. The van der Waals surface area contributed by atoms with Gasteiger partial charge >= 0.3 is 0 Å². The zero-order valence-corrected chi connectivity index (χ0v) is 10.1. The van der Waals surface area contributed by atoms with E-state index in [1.165, 1.54) is 12.8 Å². The Bertz CT molecular complexity index is 278. The second kappa shape index (κ2) is 7.54. The molecule has 1 fully saturated rings. The molecule has 0 saturated carbocycles. The summed E-state index contributed by atoms with van der Waals surface area (Å²) < 4.78 is 5.63. The lowest BCUT2D eigenvalue weighted by molar-refractivity contribution is 0.0742. The number of halogens is 1. The predicted molar refractivity (Wildman–Crippen MR) is 64.5 cm³/mol. The highest BCUT2D eigenvalue weighted by Crippen LogP contribution is 2.12. The van der Waals surface area contributed by atoms with Crippen molar-refractivity contribution in [2.45, 2.75) is 19.4 Å². The van der Waals surface area contributed by atoms with Gasteiger partial charge in [-0.25, -0.2) is 0 Å². The Morgan fingerprint density at radius 1 is 1.31 bits per heavy atom. The van der Waals surface area contributed by atoms with Crippen LogP contribution >= 0.6 is 12.4 Å². The van der Waals surface area contributed by atoms with Gasteiger partial charge in [-0.05, 0) is 31.8 Å². The molecular formula is C11H18ClN3O. The maximum absolute atomic E-state index is 5.63. The standard InChI is InChI=1S/C11H17N3O.ClH/c1-3-12-4-2-10(1)8-15-9-11-7-13-5-6-14-11;/h5-7,10,12H,1-4,8-9H2;1H. The Kier molecular flexibility index (Phi) is 6.30. The van der Waals surface area contributed by atoms with Crippen molar-refractivity contribution in [3.63, 3.8) is 0 Å². The summed E-state index contributed by atoms with van der Waals surface area (Å²) >= 11 is 0. The first kappa shape index (κ1) is 13.4. The zero-order valence-electron chi connectivity index (χ0n) is 9.26. The van der Waals surface area contributed by atoms with Crippen molar-refractivity contribution in [1.82, 2.24) is 15.3 Å². The fourth-order valence-corrected chi connectivity index (χ4v) is 1.78. The largest absolute Gasteiger partial charge is 0.375 e. The van der Waals surface area contributed by atoms with Crippen LogP contribution in [0, 0.1) is 5.92 Å². The third-order valence-corrected chi connectivity index (χ3v) is 2.68. The number of piperidine rings is 1. The van der Waals surface area contributed by atoms with Crippen molar-refractivity contribution >= 4 is 12.4 Å². The molecule has 0 radical (unpaired) electrons. The number of hydrogen-bond acceptors (Lipinski definition) is 4. The maximum Gasteiger partial charge on any atom is 0.0903 e. The lowest BCUT2D eigenvalue weighted by Crippen LogP contribution is -2.29. The molecule has 2 rings (SSSR count). The summed E-state index contributed by atoms with van der Waals surface area (Å²) in [7, 11) is 0. The van der Waals surface area contributed by atoms with Crippen LogP contribution < -0.4 is 5.32 Å². The summed E-state index contributed by atoms with van der Waals surface area (Å²) in [5.74, 6) is 0.711. The quantitative estimate of drug-likeness (QED) is 0.869. The maximum atomic E-state index is 5.63. The molecule has 2 heterocycles. The van der Waals surface area contributed by atoms with E-state index in [0.29, 0.717) is 12.5 Å². The lowest BCUT2D eigenvalue weighted by Gasteiger charge is -2.22. The molecule has 4 nitrogen and oxygen atoms in total. The molecule has 16 heavy (non-hydrogen) atoms. The first-order valence-corrected chi connectivity index (χ1v) is 5.48. The van der Waals surface area contributed by atoms with Gasteiger partial charge in [0.15, 0.2) is 0 Å². The number of nitrogens with zero attached hydrogens (tertiary/aromatic N) is 2. The fraction of sp³-hybridized carbons (Fsp3) is 0.636. The molecule has 0 spiro atoms. The van der Waals surface area contributed by atoms with Crippen molar-refractivity contribution in [3.05, 3.63) is 24.3 Å². The highest BCUT2D eigenvalue weighted by Gasteiger charge is 2.12. The van der Waals surface area contributed by atoms with Gasteiger partial charge in [0.25, 0.3) is 0 Å². The van der Waals surface area contributed by atoms with Crippen LogP contribution in [0.3, 0.4) is 0 Å². The smallest absolute Gasteiger partial charge is 0.0903 e. The molecule has 0 aliphatic carbocycles. The van der Waals surface area contributed by atoms with Gasteiger partial charge in [-0.15, -0.1) is 12.4 Å². The molecule has 1 aromatic heterocycles. The first-order chi connectivity index (χ1) is 7.45. The van der Waals surface area contributed by atoms with Gasteiger partial charge in [0.2, 0.25) is 0 Å². The van der Waals surface area contributed by atoms with E-state index in [1.54, 1.807) is 18.6 Å². The highest BCUT2D eigenvalue weighted by atomic mass is 35.5. The van der Waals surface area contributed by atoms with Crippen LogP contribution in [0.1, 0.15) is 18.5 Å². The van der Waals surface area contributed by atoms with Gasteiger partial charge in [-0.1, -0.05) is 0 Å². The Labute approximate surface area is 102 Å². The minimum absolute atomic E-state index is 0. The van der Waals surface area contributed by atoms with Gasteiger partial charge < -0.3 is 10.1 Å². The first-order valence-electron chi connectivity index (χ1n) is 5.48. The van der Waals surface area contributed by atoms with E-state index in [1.807, 2.05) is 0 Å². The number of nitrogens with one attached hydrogen (secondary N) is 1. The molecule has 0 bridgehead atoms. The minimum atomic E-state index is 0. The fourth-order valence-electron chi connectivity index (χ4n) is 1.78. The van der Waals surface area contributed by atoms with Crippen LogP contribution in [-0.2, 0) is 11.3 Å². The molecule has 0 unspecified atom stereocenters. The van der Waals surface area contributed by atoms with Crippen LogP contribution in [0.25, 0.3) is 0 Å². The topological polar surface area (TPSA) is 47.0 Å². The summed E-state index contributed by atoms with van der Waals surface area (Å²) in [6, 6.07) is 0. The molecule has 5 heteroatoms. The van der Waals surface area contributed by atoms with Gasteiger partial charge in [0.05, 0.1) is 25.1 Å². The molecule has 1 aliphatic heterocycles. The average molecular weight is 244 g/mol. The average Bonchev–Trinajstić information content (AvgIpc) is 2.32. The summed E-state index contributed by atoms with van der Waals surface area (Å²) in [5, 5.41) is 3.34. The van der Waals surface area contributed by atoms with Gasteiger partial charge in [0, 0.05) is 12.4 Å². The highest BCUT2D eigenvalue weighted by molar-refractivity contribution is 5.85. The molecule has 1 aliphatic rings. The van der Waals surface area contributed by atoms with Crippen molar-refractivity contribution in [2.24, 2.45) is 5.92 Å². The summed E-state index contributed by atoms with van der Waals surface area (Å²) in [6.45, 7) is 3.67. The Morgan fingerprint density at radius 3 is 2.81 bits per heavy atom. The third kappa shape index (κ3) is 4.43. The summed E-state index contributed by atoms with van der Waals surface area (Å²) in [5.41, 5.74) is 0.909. The SMILES string of the molecule is Cl.c1cnc(COCC2CCNCC2)cn1. The second-order valence-electron chi connectivity index (χ2n) is 3.91. The van der Waals surface area contributed by atoms with E-state index in [9.17, 15) is 0 Å². The molecule has 0 aromatic carbocycles. The van der Waals surface area contributed by atoms with E-state index in [4.69, 9.17) is 4.74 Å². The summed E-state index contributed by atoms with van der Waals surface area (Å²) in [6.07, 6.45) is 7.57. The van der Waals surface area contributed by atoms with E-state index in [2.05, 4.69) is 15.3 Å². The molecule has 1 saturated heterocycles. The monoisotopic (exact) mass is 243 g/mol. The van der Waals surface area contributed by atoms with Crippen molar-refractivity contribution in [3.8, 4) is 0 Å². The summed E-state index contributed by atoms with van der Waals surface area (Å²) in [4.78, 5) is 8.16. The molecule has 1 N–H and O–H groups in total. The third-order valence-electron chi connectivity index (χ3n) is 2.68. The van der Waals surface area contributed by atoms with Crippen molar-refractivity contribution in [1.29, 1.82) is 0 Å². The van der Waals surface area contributed by atoms with Crippen molar-refractivity contribution < 1.29 is 4.74 Å². The number of hydrogen-bond donors (Lipinski definition) is 1. The van der Waals surface area contributed by atoms with E-state index < -0.39 is 0 Å². The Balaban J connectivity index is 0.00000128. The van der Waals surface area contributed by atoms with Crippen LogP contribution in [0.5, 0.6) is 0 Å². The van der Waals surface area contributed by atoms with Gasteiger partial charge in [0.1, 0.15) is 0 Å². The van der Waals surface area contributed by atoms with Crippen LogP contribution in [0.2, 0.25) is 0 Å². The van der Waals surface area contributed by atoms with E-state index >= 15 is 0 Å². The number of rotatable bonds is 4. The number of aromatic nitrogens is 2. The van der Waals surface area contributed by atoms with E-state index in [0.717, 1.165) is 25.4 Å². The van der Waals surface area contributed by atoms with Crippen LogP contribution in [0.4, 0.5) is 0 Å². The Hall–Kier alpha value is -0.710. The van der Waals surface area contributed by atoms with Crippen molar-refractivity contribution in [2.75, 3.05) is 19.7 Å². The second-order valence-corrected chi connectivity index (χ2v) is 3.91. The molecule has 90 valence electrons. The van der Waals surface area contributed by atoms with Crippen LogP contribution in [-0.4, -0.2) is 29.7 Å². The number of ether oxygens (including phenoxy) is 1. The molecule has 0 amide bonds.